The number of unbranched alkanes of at least 4 members (excludes halogenated alkanes) is 1. The summed E-state index contributed by atoms with van der Waals surface area (Å²) in [7, 11) is 0. The summed E-state index contributed by atoms with van der Waals surface area (Å²) in [5.74, 6) is 0. The van der Waals surface area contributed by atoms with Crippen molar-refractivity contribution in [2.24, 2.45) is 0 Å². The molecule has 0 saturated carbocycles. The topological polar surface area (TPSA) is 0 Å². The summed E-state index contributed by atoms with van der Waals surface area (Å²) in [6, 6.07) is 0. The van der Waals surface area contributed by atoms with Crippen molar-refractivity contribution >= 4 is 22.6 Å². The minimum absolute atomic E-state index is 1.06. The van der Waals surface area contributed by atoms with Crippen molar-refractivity contribution in [2.75, 3.05) is 0 Å². The molecule has 10 heavy (non-hydrogen) atoms. The number of hydrogen-bond acceptors (Lipinski definition) is 0. The molecule has 0 aliphatic carbocycles. The van der Waals surface area contributed by atoms with Gasteiger partial charge in [0.05, 0.1) is 0 Å². The fourth-order valence-electron chi connectivity index (χ4n) is 0.790. The van der Waals surface area contributed by atoms with Crippen molar-refractivity contribution in [3.05, 3.63) is 22.3 Å². The van der Waals surface area contributed by atoms with Gasteiger partial charge in [0.2, 0.25) is 0 Å². The van der Waals surface area contributed by atoms with Crippen LogP contribution in [0.2, 0.25) is 0 Å². The van der Waals surface area contributed by atoms with Gasteiger partial charge in [0, 0.05) is 0 Å². The van der Waals surface area contributed by atoms with Crippen LogP contribution in [0.3, 0.4) is 0 Å². The highest BCUT2D eigenvalue weighted by atomic mass is 127. The third kappa shape index (κ3) is 5.03. The molecule has 0 bridgehead atoms. The van der Waals surface area contributed by atoms with Crippen LogP contribution in [0.5, 0.6) is 0 Å². The molecule has 0 aromatic carbocycles. The molecule has 0 spiro atoms. The average Bonchev–Trinajstić information content (AvgIpc) is 1.98. The van der Waals surface area contributed by atoms with E-state index in [9.17, 15) is 0 Å². The van der Waals surface area contributed by atoms with Crippen LogP contribution in [0.25, 0.3) is 0 Å². The molecule has 0 atom stereocenters. The molecule has 0 amide bonds. The third-order valence-corrected chi connectivity index (χ3v) is 2.29. The Morgan fingerprint density at radius 2 is 2.30 bits per heavy atom. The van der Waals surface area contributed by atoms with E-state index in [-0.39, 0.29) is 0 Å². The van der Waals surface area contributed by atoms with Gasteiger partial charge in [-0.2, -0.15) is 0 Å². The molecule has 0 nitrogen and oxygen atoms in total. The molecule has 0 saturated heterocycles. The molecule has 0 radical (unpaired) electrons. The second-order valence-electron chi connectivity index (χ2n) is 2.36. The minimum atomic E-state index is 1.06. The molecule has 0 N–H and O–H groups in total. The van der Waals surface area contributed by atoms with E-state index in [2.05, 4.69) is 40.2 Å². The van der Waals surface area contributed by atoms with E-state index in [4.69, 9.17) is 0 Å². The maximum Gasteiger partial charge on any atom is -0.0134 e. The van der Waals surface area contributed by atoms with Crippen molar-refractivity contribution < 1.29 is 0 Å². The summed E-state index contributed by atoms with van der Waals surface area (Å²) >= 11 is 2.30. The van der Waals surface area contributed by atoms with Gasteiger partial charge in [0.1, 0.15) is 0 Å². The van der Waals surface area contributed by atoms with Crippen molar-refractivity contribution in [3.63, 3.8) is 0 Å². The molecular formula is C9H15I. The Morgan fingerprint density at radius 1 is 1.60 bits per heavy atom. The summed E-state index contributed by atoms with van der Waals surface area (Å²) < 4.78 is 2.18. The van der Waals surface area contributed by atoms with Gasteiger partial charge in [-0.05, 0) is 23.3 Å². The van der Waals surface area contributed by atoms with Gasteiger partial charge in [0.15, 0.2) is 0 Å². The first kappa shape index (κ1) is 10.2. The fourth-order valence-corrected chi connectivity index (χ4v) is 1.36. The van der Waals surface area contributed by atoms with Gasteiger partial charge in [-0.3, -0.25) is 0 Å². The molecule has 0 heterocycles. The number of allylic oxidation sites excluding steroid dienone is 2. The lowest BCUT2D eigenvalue weighted by molar-refractivity contribution is 0.778. The van der Waals surface area contributed by atoms with Crippen LogP contribution in [-0.2, 0) is 0 Å². The molecular weight excluding hydrogens is 235 g/mol. The molecule has 0 aromatic rings. The highest BCUT2D eigenvalue weighted by Crippen LogP contribution is 2.13. The highest BCUT2D eigenvalue weighted by molar-refractivity contribution is 14.1. The Morgan fingerprint density at radius 3 is 2.70 bits per heavy atom. The van der Waals surface area contributed by atoms with Gasteiger partial charge < -0.3 is 0 Å². The Balaban J connectivity index is 3.51. The Hall–Kier alpha value is 0.210. The summed E-state index contributed by atoms with van der Waals surface area (Å²) in [5.41, 5.74) is 1.51. The van der Waals surface area contributed by atoms with Gasteiger partial charge in [0.25, 0.3) is 0 Å². The summed E-state index contributed by atoms with van der Waals surface area (Å²) in [5, 5.41) is 0. The van der Waals surface area contributed by atoms with Crippen LogP contribution in [0, 0.1) is 0 Å². The number of hydrogen-bond donors (Lipinski definition) is 0. The van der Waals surface area contributed by atoms with Crippen molar-refractivity contribution in [3.8, 4) is 0 Å². The van der Waals surface area contributed by atoms with E-state index in [1.165, 1.54) is 24.8 Å². The van der Waals surface area contributed by atoms with Crippen LogP contribution in [0.1, 0.15) is 32.6 Å². The normalized spacial score (nSPS) is 11.6. The predicted octanol–water partition coefficient (Wildman–Crippen LogP) is 4.07. The Bertz CT molecular complexity index is 114. The zero-order valence-corrected chi connectivity index (χ0v) is 8.73. The number of rotatable bonds is 5. The summed E-state index contributed by atoms with van der Waals surface area (Å²) in [4.78, 5) is 0. The first-order valence-electron chi connectivity index (χ1n) is 3.74. The Labute approximate surface area is 77.5 Å². The molecule has 0 rings (SSSR count). The highest BCUT2D eigenvalue weighted by Gasteiger charge is 1.91. The van der Waals surface area contributed by atoms with Crippen LogP contribution in [0.4, 0.5) is 0 Å². The predicted molar refractivity (Wildman–Crippen MR) is 56.4 cm³/mol. The van der Waals surface area contributed by atoms with Gasteiger partial charge in [-0.15, -0.1) is 6.58 Å². The van der Waals surface area contributed by atoms with E-state index >= 15 is 0 Å². The lowest BCUT2D eigenvalue weighted by Crippen LogP contribution is -1.79. The SMILES string of the molecule is C=CCC(=CI)CCCC. The number of halogens is 1. The second-order valence-corrected chi connectivity index (χ2v) is 2.99. The average molecular weight is 250 g/mol. The lowest BCUT2D eigenvalue weighted by atomic mass is 10.1. The van der Waals surface area contributed by atoms with E-state index in [1.807, 2.05) is 6.08 Å². The lowest BCUT2D eigenvalue weighted by Gasteiger charge is -1.99. The molecule has 0 aliphatic rings. The zero-order chi connectivity index (χ0) is 7.82. The molecule has 0 aromatic heterocycles. The second kappa shape index (κ2) is 7.32. The van der Waals surface area contributed by atoms with Crippen molar-refractivity contribution in [2.45, 2.75) is 32.6 Å². The summed E-state index contributed by atoms with van der Waals surface area (Å²) in [6.45, 7) is 5.93. The van der Waals surface area contributed by atoms with Crippen LogP contribution >= 0.6 is 22.6 Å². The maximum atomic E-state index is 3.71. The Kier molecular flexibility index (Phi) is 7.47. The molecule has 0 unspecified atom stereocenters. The fraction of sp³-hybridized carbons (Fsp3) is 0.556. The van der Waals surface area contributed by atoms with Crippen molar-refractivity contribution in [1.82, 2.24) is 0 Å². The minimum Gasteiger partial charge on any atom is -0.103 e. The van der Waals surface area contributed by atoms with E-state index < -0.39 is 0 Å². The quantitative estimate of drug-likeness (QED) is 0.509. The van der Waals surface area contributed by atoms with Crippen molar-refractivity contribution in [1.29, 1.82) is 0 Å². The molecule has 0 aliphatic heterocycles. The first-order valence-corrected chi connectivity index (χ1v) is 4.98. The largest absolute Gasteiger partial charge is 0.103 e. The molecule has 0 fully saturated rings. The summed E-state index contributed by atoms with van der Waals surface area (Å²) in [6.07, 6.45) is 6.86. The van der Waals surface area contributed by atoms with E-state index in [0.29, 0.717) is 0 Å². The van der Waals surface area contributed by atoms with Crippen LogP contribution < -0.4 is 0 Å². The van der Waals surface area contributed by atoms with Gasteiger partial charge >= 0.3 is 0 Å². The monoisotopic (exact) mass is 250 g/mol. The van der Waals surface area contributed by atoms with Crippen LogP contribution in [0.15, 0.2) is 22.3 Å². The third-order valence-electron chi connectivity index (χ3n) is 1.41. The maximum absolute atomic E-state index is 3.71. The smallest absolute Gasteiger partial charge is 0.0134 e. The van der Waals surface area contributed by atoms with Crippen LogP contribution in [-0.4, -0.2) is 0 Å². The first-order chi connectivity index (χ1) is 4.85. The van der Waals surface area contributed by atoms with E-state index in [0.717, 1.165) is 6.42 Å². The molecule has 58 valence electrons. The van der Waals surface area contributed by atoms with Gasteiger partial charge in [-0.1, -0.05) is 47.6 Å². The zero-order valence-electron chi connectivity index (χ0n) is 6.57. The molecule has 1 heteroatoms. The van der Waals surface area contributed by atoms with Gasteiger partial charge in [-0.25, -0.2) is 0 Å². The van der Waals surface area contributed by atoms with E-state index in [1.54, 1.807) is 0 Å². The standard InChI is InChI=1S/C9H15I/c1-3-5-7-9(8-10)6-4-2/h4,8H,2-3,5-7H2,1H3.